The monoisotopic (exact) mass is 265 g/mol. The molecule has 0 aliphatic heterocycles. The van der Waals surface area contributed by atoms with Crippen molar-refractivity contribution in [2.75, 3.05) is 6.61 Å². The highest BCUT2D eigenvalue weighted by molar-refractivity contribution is 5.83. The third-order valence-corrected chi connectivity index (χ3v) is 3.05. The van der Waals surface area contributed by atoms with Crippen LogP contribution in [0.15, 0.2) is 42.7 Å². The molecule has 4 heteroatoms. The molecule has 0 aliphatic carbocycles. The van der Waals surface area contributed by atoms with Crippen LogP contribution in [-0.4, -0.2) is 21.6 Å². The highest BCUT2D eigenvalue weighted by Gasteiger charge is 2.10. The lowest BCUT2D eigenvalue weighted by atomic mass is 10.1. The SMILES string of the molecule is CCOc1nc(-c2ccc(C)cc2)cc2nccnc12. The number of aromatic nitrogens is 3. The molecule has 0 atom stereocenters. The first-order valence-corrected chi connectivity index (χ1v) is 6.59. The summed E-state index contributed by atoms with van der Waals surface area (Å²) < 4.78 is 5.59. The van der Waals surface area contributed by atoms with Crippen LogP contribution in [0.4, 0.5) is 0 Å². The van der Waals surface area contributed by atoms with E-state index in [0.717, 1.165) is 16.8 Å². The smallest absolute Gasteiger partial charge is 0.242 e. The third kappa shape index (κ3) is 2.32. The molecule has 0 spiro atoms. The molecule has 0 saturated heterocycles. The predicted molar refractivity (Wildman–Crippen MR) is 78.7 cm³/mol. The van der Waals surface area contributed by atoms with Crippen LogP contribution in [-0.2, 0) is 0 Å². The van der Waals surface area contributed by atoms with Gasteiger partial charge in [0.15, 0.2) is 5.52 Å². The molecule has 20 heavy (non-hydrogen) atoms. The molecule has 100 valence electrons. The summed E-state index contributed by atoms with van der Waals surface area (Å²) in [6.07, 6.45) is 3.33. The number of ether oxygens (including phenoxy) is 1. The Morgan fingerprint density at radius 1 is 1.05 bits per heavy atom. The zero-order chi connectivity index (χ0) is 13.9. The molecule has 2 heterocycles. The van der Waals surface area contributed by atoms with Gasteiger partial charge in [0.05, 0.1) is 17.8 Å². The van der Waals surface area contributed by atoms with E-state index in [1.165, 1.54) is 5.56 Å². The molecule has 4 nitrogen and oxygen atoms in total. The lowest BCUT2D eigenvalue weighted by Gasteiger charge is -2.08. The summed E-state index contributed by atoms with van der Waals surface area (Å²) in [6, 6.07) is 10.2. The number of rotatable bonds is 3. The largest absolute Gasteiger partial charge is 0.476 e. The van der Waals surface area contributed by atoms with Gasteiger partial charge in [-0.15, -0.1) is 0 Å². The van der Waals surface area contributed by atoms with Gasteiger partial charge < -0.3 is 4.74 Å². The standard InChI is InChI=1S/C16H15N3O/c1-3-20-16-15-14(17-8-9-18-15)10-13(19-16)12-6-4-11(2)5-7-12/h4-10H,3H2,1-2H3. The first-order valence-electron chi connectivity index (χ1n) is 6.59. The van der Waals surface area contributed by atoms with Crippen molar-refractivity contribution in [1.82, 2.24) is 15.0 Å². The molecule has 0 amide bonds. The van der Waals surface area contributed by atoms with E-state index in [0.29, 0.717) is 18.0 Å². The van der Waals surface area contributed by atoms with E-state index in [2.05, 4.69) is 46.1 Å². The topological polar surface area (TPSA) is 47.9 Å². The number of pyridine rings is 1. The summed E-state index contributed by atoms with van der Waals surface area (Å²) in [5.41, 5.74) is 4.61. The number of hydrogen-bond acceptors (Lipinski definition) is 4. The van der Waals surface area contributed by atoms with Gasteiger partial charge in [-0.05, 0) is 19.9 Å². The summed E-state index contributed by atoms with van der Waals surface area (Å²) in [4.78, 5) is 13.2. The maximum Gasteiger partial charge on any atom is 0.242 e. The zero-order valence-electron chi connectivity index (χ0n) is 11.5. The highest BCUT2D eigenvalue weighted by Crippen LogP contribution is 2.26. The average Bonchev–Trinajstić information content (AvgIpc) is 2.48. The minimum atomic E-state index is 0.536. The molecule has 3 rings (SSSR count). The fourth-order valence-corrected chi connectivity index (χ4v) is 2.05. The second-order valence-electron chi connectivity index (χ2n) is 4.54. The van der Waals surface area contributed by atoms with Crippen molar-refractivity contribution in [2.45, 2.75) is 13.8 Å². The fraction of sp³-hybridized carbons (Fsp3) is 0.188. The van der Waals surface area contributed by atoms with Gasteiger partial charge in [-0.25, -0.2) is 9.97 Å². The van der Waals surface area contributed by atoms with E-state index in [9.17, 15) is 0 Å². The second kappa shape index (κ2) is 5.25. The van der Waals surface area contributed by atoms with Crippen molar-refractivity contribution in [2.24, 2.45) is 0 Å². The maximum atomic E-state index is 5.59. The van der Waals surface area contributed by atoms with Gasteiger partial charge in [0, 0.05) is 18.0 Å². The van der Waals surface area contributed by atoms with Gasteiger partial charge >= 0.3 is 0 Å². The summed E-state index contributed by atoms with van der Waals surface area (Å²) >= 11 is 0. The Labute approximate surface area is 117 Å². The number of hydrogen-bond donors (Lipinski definition) is 0. The molecule has 0 saturated carbocycles. The summed E-state index contributed by atoms with van der Waals surface area (Å²) in [7, 11) is 0. The summed E-state index contributed by atoms with van der Waals surface area (Å²) in [5.74, 6) is 0.536. The van der Waals surface area contributed by atoms with Gasteiger partial charge in [0.1, 0.15) is 0 Å². The van der Waals surface area contributed by atoms with Crippen molar-refractivity contribution in [1.29, 1.82) is 0 Å². The van der Waals surface area contributed by atoms with Crippen LogP contribution in [0.25, 0.3) is 22.3 Å². The lowest BCUT2D eigenvalue weighted by molar-refractivity contribution is 0.331. The van der Waals surface area contributed by atoms with Crippen LogP contribution in [0.5, 0.6) is 5.88 Å². The first kappa shape index (κ1) is 12.5. The van der Waals surface area contributed by atoms with Crippen LogP contribution < -0.4 is 4.74 Å². The maximum absolute atomic E-state index is 5.59. The van der Waals surface area contributed by atoms with Crippen molar-refractivity contribution in [3.8, 4) is 17.1 Å². The highest BCUT2D eigenvalue weighted by atomic mass is 16.5. The molecule has 0 aliphatic rings. The quantitative estimate of drug-likeness (QED) is 0.728. The molecule has 0 fully saturated rings. The van der Waals surface area contributed by atoms with Crippen molar-refractivity contribution in [3.63, 3.8) is 0 Å². The van der Waals surface area contributed by atoms with E-state index in [1.807, 2.05) is 13.0 Å². The van der Waals surface area contributed by atoms with Crippen molar-refractivity contribution >= 4 is 11.0 Å². The van der Waals surface area contributed by atoms with E-state index in [-0.39, 0.29) is 0 Å². The van der Waals surface area contributed by atoms with Gasteiger partial charge in [0.2, 0.25) is 5.88 Å². The third-order valence-electron chi connectivity index (χ3n) is 3.05. The normalized spacial score (nSPS) is 10.7. The Kier molecular flexibility index (Phi) is 3.29. The predicted octanol–water partition coefficient (Wildman–Crippen LogP) is 3.40. The Balaban J connectivity index is 2.18. The molecule has 1 aromatic carbocycles. The zero-order valence-corrected chi connectivity index (χ0v) is 11.5. The Hall–Kier alpha value is -2.49. The van der Waals surface area contributed by atoms with Gasteiger partial charge in [0.25, 0.3) is 0 Å². The van der Waals surface area contributed by atoms with Crippen LogP contribution in [0, 0.1) is 6.92 Å². The molecule has 0 bridgehead atoms. The summed E-state index contributed by atoms with van der Waals surface area (Å²) in [5, 5.41) is 0. The molecule has 3 aromatic rings. The van der Waals surface area contributed by atoms with Crippen LogP contribution in [0.2, 0.25) is 0 Å². The Morgan fingerprint density at radius 2 is 1.80 bits per heavy atom. The minimum absolute atomic E-state index is 0.536. The lowest BCUT2D eigenvalue weighted by Crippen LogP contribution is -1.99. The van der Waals surface area contributed by atoms with E-state index in [1.54, 1.807) is 12.4 Å². The molecule has 0 radical (unpaired) electrons. The van der Waals surface area contributed by atoms with Gasteiger partial charge in [-0.3, -0.25) is 4.98 Å². The van der Waals surface area contributed by atoms with Gasteiger partial charge in [-0.1, -0.05) is 29.8 Å². The fourth-order valence-electron chi connectivity index (χ4n) is 2.05. The Bertz CT molecular complexity index is 738. The summed E-state index contributed by atoms with van der Waals surface area (Å²) in [6.45, 7) is 4.55. The van der Waals surface area contributed by atoms with Gasteiger partial charge in [-0.2, -0.15) is 0 Å². The number of aryl methyl sites for hydroxylation is 1. The minimum Gasteiger partial charge on any atom is -0.476 e. The molecule has 0 unspecified atom stereocenters. The van der Waals surface area contributed by atoms with Crippen molar-refractivity contribution in [3.05, 3.63) is 48.3 Å². The molecule has 0 N–H and O–H groups in total. The van der Waals surface area contributed by atoms with Crippen LogP contribution in [0.1, 0.15) is 12.5 Å². The van der Waals surface area contributed by atoms with Crippen LogP contribution in [0.3, 0.4) is 0 Å². The molecular weight excluding hydrogens is 250 g/mol. The average molecular weight is 265 g/mol. The molecule has 2 aromatic heterocycles. The van der Waals surface area contributed by atoms with E-state index in [4.69, 9.17) is 4.74 Å². The van der Waals surface area contributed by atoms with Crippen LogP contribution >= 0.6 is 0 Å². The second-order valence-corrected chi connectivity index (χ2v) is 4.54. The number of fused-ring (bicyclic) bond motifs is 1. The molecular formula is C16H15N3O. The number of benzene rings is 1. The first-order chi connectivity index (χ1) is 9.78. The number of nitrogens with zero attached hydrogens (tertiary/aromatic N) is 3. The van der Waals surface area contributed by atoms with Crippen molar-refractivity contribution < 1.29 is 4.74 Å². The van der Waals surface area contributed by atoms with E-state index >= 15 is 0 Å². The van der Waals surface area contributed by atoms with E-state index < -0.39 is 0 Å². The Morgan fingerprint density at radius 3 is 2.55 bits per heavy atom.